The average Bonchev–Trinajstić information content (AvgIpc) is 3.04. The van der Waals surface area contributed by atoms with Gasteiger partial charge in [0.2, 0.25) is 0 Å². The molecule has 0 atom stereocenters. The van der Waals surface area contributed by atoms with Gasteiger partial charge in [0, 0.05) is 17.3 Å². The molecule has 0 spiro atoms. The van der Waals surface area contributed by atoms with E-state index < -0.39 is 0 Å². The number of hydrogen-bond acceptors (Lipinski definition) is 4. The number of anilines is 2. The van der Waals surface area contributed by atoms with E-state index in [4.69, 9.17) is 21.7 Å². The van der Waals surface area contributed by atoms with Crippen LogP contribution in [0.4, 0.5) is 11.4 Å². The van der Waals surface area contributed by atoms with Crippen molar-refractivity contribution in [1.82, 2.24) is 0 Å². The first-order valence-electron chi connectivity index (χ1n) is 9.77. The zero-order chi connectivity index (χ0) is 22.0. The lowest BCUT2D eigenvalue weighted by atomic mass is 10.1. The fourth-order valence-electron chi connectivity index (χ4n) is 3.46. The lowest BCUT2D eigenvalue weighted by Crippen LogP contribution is -2.32. The highest BCUT2D eigenvalue weighted by molar-refractivity contribution is 7.81. The molecule has 1 aliphatic rings. The zero-order valence-corrected chi connectivity index (χ0v) is 18.3. The molecule has 6 heteroatoms. The standard InChI is InChI=1S/C25H22N2O3S/c1-17-9-12-20(13-10-17)26-22(15-18-11-14-21(29-2)16-23(18)30-3)24(28)27(25(26)31)19-7-5-4-6-8-19/h4-16H,1-3H3. The van der Waals surface area contributed by atoms with Crippen LogP contribution in [0.2, 0.25) is 0 Å². The number of aryl methyl sites for hydroxylation is 1. The highest BCUT2D eigenvalue weighted by atomic mass is 32.1. The van der Waals surface area contributed by atoms with Crippen molar-refractivity contribution in [2.45, 2.75) is 6.92 Å². The molecule has 4 rings (SSSR count). The zero-order valence-electron chi connectivity index (χ0n) is 17.5. The van der Waals surface area contributed by atoms with Gasteiger partial charge in [0.1, 0.15) is 17.2 Å². The lowest BCUT2D eigenvalue weighted by Gasteiger charge is -2.20. The van der Waals surface area contributed by atoms with Gasteiger partial charge < -0.3 is 9.47 Å². The first-order chi connectivity index (χ1) is 15.0. The molecular weight excluding hydrogens is 408 g/mol. The van der Waals surface area contributed by atoms with Gasteiger partial charge in [-0.1, -0.05) is 35.9 Å². The van der Waals surface area contributed by atoms with Crippen molar-refractivity contribution in [3.8, 4) is 11.5 Å². The summed E-state index contributed by atoms with van der Waals surface area (Å²) >= 11 is 5.77. The number of ether oxygens (including phenoxy) is 2. The van der Waals surface area contributed by atoms with Crippen LogP contribution in [0.1, 0.15) is 11.1 Å². The number of rotatable bonds is 5. The number of thiocarbonyl (C=S) groups is 1. The van der Waals surface area contributed by atoms with Gasteiger partial charge in [-0.3, -0.25) is 14.6 Å². The molecule has 156 valence electrons. The number of carbonyl (C=O) groups is 1. The van der Waals surface area contributed by atoms with Gasteiger partial charge in [-0.25, -0.2) is 0 Å². The van der Waals surface area contributed by atoms with E-state index >= 15 is 0 Å². The van der Waals surface area contributed by atoms with Gasteiger partial charge in [0.25, 0.3) is 5.91 Å². The minimum Gasteiger partial charge on any atom is -0.497 e. The van der Waals surface area contributed by atoms with E-state index in [1.807, 2.05) is 73.7 Å². The summed E-state index contributed by atoms with van der Waals surface area (Å²) in [6, 6.07) is 22.8. The van der Waals surface area contributed by atoms with E-state index in [9.17, 15) is 4.79 Å². The third-order valence-electron chi connectivity index (χ3n) is 5.09. The molecule has 1 saturated heterocycles. The maximum atomic E-state index is 13.6. The maximum absolute atomic E-state index is 13.6. The Labute approximate surface area is 187 Å². The van der Waals surface area contributed by atoms with Gasteiger partial charge in [-0.05, 0) is 61.6 Å². The number of para-hydroxylation sites is 1. The molecule has 0 aromatic heterocycles. The van der Waals surface area contributed by atoms with E-state index in [0.717, 1.165) is 22.5 Å². The average molecular weight is 431 g/mol. The molecule has 31 heavy (non-hydrogen) atoms. The van der Waals surface area contributed by atoms with E-state index in [-0.39, 0.29) is 5.91 Å². The van der Waals surface area contributed by atoms with Crippen LogP contribution < -0.4 is 19.3 Å². The maximum Gasteiger partial charge on any atom is 0.281 e. The number of nitrogens with zero attached hydrogens (tertiary/aromatic N) is 2. The fraction of sp³-hybridized carbons (Fsp3) is 0.120. The summed E-state index contributed by atoms with van der Waals surface area (Å²) in [5, 5.41) is 0.402. The van der Waals surface area contributed by atoms with Crippen LogP contribution in [0, 0.1) is 6.92 Å². The summed E-state index contributed by atoms with van der Waals surface area (Å²) in [7, 11) is 3.19. The summed E-state index contributed by atoms with van der Waals surface area (Å²) in [5.41, 5.74) is 3.87. The number of hydrogen-bond donors (Lipinski definition) is 0. The smallest absolute Gasteiger partial charge is 0.281 e. The molecule has 3 aromatic rings. The highest BCUT2D eigenvalue weighted by Crippen LogP contribution is 2.35. The quantitative estimate of drug-likeness (QED) is 0.412. The van der Waals surface area contributed by atoms with Crippen molar-refractivity contribution in [3.05, 3.63) is 89.6 Å². The summed E-state index contributed by atoms with van der Waals surface area (Å²) in [6.45, 7) is 2.02. The largest absolute Gasteiger partial charge is 0.497 e. The first kappa shape index (κ1) is 20.6. The predicted molar refractivity (Wildman–Crippen MR) is 128 cm³/mol. The molecule has 5 nitrogen and oxygen atoms in total. The molecule has 0 unspecified atom stereocenters. The Morgan fingerprint density at radius 2 is 1.52 bits per heavy atom. The first-order valence-corrected chi connectivity index (χ1v) is 10.2. The molecule has 1 heterocycles. The minimum absolute atomic E-state index is 0.199. The topological polar surface area (TPSA) is 42.0 Å². The molecule has 0 bridgehead atoms. The second-order valence-corrected chi connectivity index (χ2v) is 7.43. The molecule has 0 N–H and O–H groups in total. The molecule has 0 radical (unpaired) electrons. The van der Waals surface area contributed by atoms with Gasteiger partial charge in [-0.15, -0.1) is 0 Å². The Morgan fingerprint density at radius 3 is 2.16 bits per heavy atom. The molecule has 1 fully saturated rings. The van der Waals surface area contributed by atoms with Crippen LogP contribution in [0.15, 0.2) is 78.5 Å². The van der Waals surface area contributed by atoms with Gasteiger partial charge in [-0.2, -0.15) is 0 Å². The lowest BCUT2D eigenvalue weighted by molar-refractivity contribution is -0.113. The Balaban J connectivity index is 1.86. The van der Waals surface area contributed by atoms with Gasteiger partial charge in [0.15, 0.2) is 5.11 Å². The third-order valence-corrected chi connectivity index (χ3v) is 5.45. The van der Waals surface area contributed by atoms with Crippen molar-refractivity contribution >= 4 is 40.7 Å². The van der Waals surface area contributed by atoms with Gasteiger partial charge in [0.05, 0.1) is 19.9 Å². The molecular formula is C25H22N2O3S. The monoisotopic (exact) mass is 430 g/mol. The molecule has 1 amide bonds. The fourth-order valence-corrected chi connectivity index (χ4v) is 3.85. The second kappa shape index (κ2) is 8.62. The summed E-state index contributed by atoms with van der Waals surface area (Å²) in [4.78, 5) is 16.9. The Kier molecular flexibility index (Phi) is 5.73. The van der Waals surface area contributed by atoms with E-state index in [1.54, 1.807) is 36.2 Å². The SMILES string of the molecule is COc1ccc(C=C2C(=O)N(c3ccccc3)C(=S)N2c2ccc(C)cc2)c(OC)c1. The number of carbonyl (C=O) groups excluding carboxylic acids is 1. The number of methoxy groups -OCH3 is 2. The van der Waals surface area contributed by atoms with Crippen molar-refractivity contribution in [2.75, 3.05) is 24.0 Å². The molecule has 1 aliphatic heterocycles. The van der Waals surface area contributed by atoms with Crippen LogP contribution in [-0.2, 0) is 4.79 Å². The summed E-state index contributed by atoms with van der Waals surface area (Å²) in [5.74, 6) is 1.08. The summed E-state index contributed by atoms with van der Waals surface area (Å²) in [6.07, 6.45) is 1.80. The Hall–Kier alpha value is -3.64. The van der Waals surface area contributed by atoms with Crippen LogP contribution in [0.5, 0.6) is 11.5 Å². The molecule has 3 aromatic carbocycles. The van der Waals surface area contributed by atoms with E-state index in [1.165, 1.54) is 0 Å². The van der Waals surface area contributed by atoms with Crippen LogP contribution >= 0.6 is 12.2 Å². The minimum atomic E-state index is -0.199. The molecule has 0 saturated carbocycles. The number of benzene rings is 3. The second-order valence-electron chi connectivity index (χ2n) is 7.07. The highest BCUT2D eigenvalue weighted by Gasteiger charge is 2.40. The van der Waals surface area contributed by atoms with Crippen LogP contribution in [0.25, 0.3) is 6.08 Å². The van der Waals surface area contributed by atoms with E-state index in [0.29, 0.717) is 22.3 Å². The summed E-state index contributed by atoms with van der Waals surface area (Å²) < 4.78 is 10.8. The van der Waals surface area contributed by atoms with Crippen molar-refractivity contribution in [2.24, 2.45) is 0 Å². The van der Waals surface area contributed by atoms with E-state index in [2.05, 4.69) is 0 Å². The third kappa shape index (κ3) is 3.90. The van der Waals surface area contributed by atoms with Crippen LogP contribution in [0.3, 0.4) is 0 Å². The number of amides is 1. The van der Waals surface area contributed by atoms with Crippen molar-refractivity contribution < 1.29 is 14.3 Å². The van der Waals surface area contributed by atoms with Crippen LogP contribution in [-0.4, -0.2) is 25.2 Å². The predicted octanol–water partition coefficient (Wildman–Crippen LogP) is 5.19. The van der Waals surface area contributed by atoms with Crippen molar-refractivity contribution in [1.29, 1.82) is 0 Å². The van der Waals surface area contributed by atoms with Crippen molar-refractivity contribution in [3.63, 3.8) is 0 Å². The Morgan fingerprint density at radius 1 is 0.839 bits per heavy atom. The van der Waals surface area contributed by atoms with Gasteiger partial charge >= 0.3 is 0 Å². The normalized spacial score (nSPS) is 15.0. The Bertz CT molecular complexity index is 1160. The molecule has 0 aliphatic carbocycles.